The number of hydrogen-bond acceptors (Lipinski definition) is 3. The van der Waals surface area contributed by atoms with Crippen molar-refractivity contribution in [1.29, 1.82) is 0 Å². The third kappa shape index (κ3) is 4.53. The number of benzene rings is 2. The molecule has 2 N–H and O–H groups in total. The molecule has 1 aromatic heterocycles. The third-order valence-corrected chi connectivity index (χ3v) is 3.87. The molecule has 0 aliphatic rings. The van der Waals surface area contributed by atoms with E-state index in [1.807, 2.05) is 66.7 Å². The van der Waals surface area contributed by atoms with Crippen LogP contribution in [0.4, 0.5) is 5.69 Å². The number of para-hydroxylation sites is 1. The Morgan fingerprint density at radius 3 is 2.50 bits per heavy atom. The number of hydrogen-bond donors (Lipinski definition) is 2. The minimum atomic E-state index is 0.414. The Bertz CT molecular complexity index is 844. The first-order valence-electron chi connectivity index (χ1n) is 7.21. The van der Waals surface area contributed by atoms with Gasteiger partial charge in [0.2, 0.25) is 0 Å². The Balaban J connectivity index is 1.57. The van der Waals surface area contributed by atoms with Crippen molar-refractivity contribution < 1.29 is 4.42 Å². The molecule has 0 saturated heterocycles. The van der Waals surface area contributed by atoms with Crippen molar-refractivity contribution in [3.8, 4) is 11.3 Å². The fraction of sp³-hybridized carbons (Fsp3) is 0. The number of hydrazone groups is 1. The van der Waals surface area contributed by atoms with Crippen molar-refractivity contribution in [2.75, 3.05) is 5.32 Å². The lowest BCUT2D eigenvalue weighted by Gasteiger charge is -2.05. The molecular formula is C18H14BrN3OS. The molecule has 3 rings (SSSR count). The van der Waals surface area contributed by atoms with Crippen molar-refractivity contribution in [1.82, 2.24) is 5.43 Å². The number of anilines is 1. The van der Waals surface area contributed by atoms with Crippen LogP contribution < -0.4 is 10.7 Å². The lowest BCUT2D eigenvalue weighted by atomic mass is 10.2. The van der Waals surface area contributed by atoms with Gasteiger partial charge in [0.05, 0.1) is 6.21 Å². The van der Waals surface area contributed by atoms with Crippen molar-refractivity contribution in [2.24, 2.45) is 5.10 Å². The lowest BCUT2D eigenvalue weighted by molar-refractivity contribution is 0.574. The number of nitrogens with zero attached hydrogens (tertiary/aromatic N) is 1. The standard InChI is InChI=1S/C18H14BrN3OS/c19-14-8-6-13(7-9-14)17-11-10-16(23-17)12-20-22-18(24)21-15-4-2-1-3-5-15/h1-12H,(H2,21,22,24)/b20-12-. The van der Waals surface area contributed by atoms with E-state index in [9.17, 15) is 0 Å². The number of rotatable bonds is 4. The normalized spacial score (nSPS) is 10.7. The molecule has 0 spiro atoms. The molecule has 4 nitrogen and oxygen atoms in total. The summed E-state index contributed by atoms with van der Waals surface area (Å²) in [5.74, 6) is 1.43. The molecule has 0 atom stereocenters. The minimum absolute atomic E-state index is 0.414. The fourth-order valence-electron chi connectivity index (χ4n) is 2.03. The first-order valence-corrected chi connectivity index (χ1v) is 8.42. The van der Waals surface area contributed by atoms with Gasteiger partial charge in [0.25, 0.3) is 0 Å². The molecule has 120 valence electrons. The number of halogens is 1. The van der Waals surface area contributed by atoms with Gasteiger partial charge in [-0.05, 0) is 48.6 Å². The van der Waals surface area contributed by atoms with E-state index in [4.69, 9.17) is 16.6 Å². The molecule has 0 unspecified atom stereocenters. The molecule has 0 saturated carbocycles. The van der Waals surface area contributed by atoms with E-state index in [-0.39, 0.29) is 0 Å². The summed E-state index contributed by atoms with van der Waals surface area (Å²) in [5, 5.41) is 7.53. The number of furan rings is 1. The second-order valence-corrected chi connectivity index (χ2v) is 6.22. The van der Waals surface area contributed by atoms with Crippen LogP contribution in [-0.2, 0) is 0 Å². The van der Waals surface area contributed by atoms with E-state index in [2.05, 4.69) is 31.8 Å². The van der Waals surface area contributed by atoms with Crippen LogP contribution in [-0.4, -0.2) is 11.3 Å². The molecule has 0 amide bonds. The van der Waals surface area contributed by atoms with E-state index < -0.39 is 0 Å². The highest BCUT2D eigenvalue weighted by Gasteiger charge is 2.03. The van der Waals surface area contributed by atoms with Gasteiger partial charge in [0.15, 0.2) is 5.11 Å². The van der Waals surface area contributed by atoms with Crippen LogP contribution >= 0.6 is 28.1 Å². The van der Waals surface area contributed by atoms with E-state index in [0.29, 0.717) is 10.9 Å². The Kier molecular flexibility index (Phi) is 5.40. The van der Waals surface area contributed by atoms with Gasteiger partial charge < -0.3 is 9.73 Å². The highest BCUT2D eigenvalue weighted by Crippen LogP contribution is 2.23. The molecule has 6 heteroatoms. The maximum atomic E-state index is 5.74. The van der Waals surface area contributed by atoms with Crippen LogP contribution in [0.3, 0.4) is 0 Å². The first-order chi connectivity index (χ1) is 11.7. The average molecular weight is 400 g/mol. The summed E-state index contributed by atoms with van der Waals surface area (Å²) in [6, 6.07) is 21.3. The van der Waals surface area contributed by atoms with Gasteiger partial charge >= 0.3 is 0 Å². The van der Waals surface area contributed by atoms with E-state index in [1.54, 1.807) is 6.21 Å². The molecular weight excluding hydrogens is 386 g/mol. The van der Waals surface area contributed by atoms with Crippen molar-refractivity contribution >= 4 is 45.2 Å². The smallest absolute Gasteiger partial charge is 0.191 e. The predicted octanol–water partition coefficient (Wildman–Crippen LogP) is 5.03. The number of thiocarbonyl (C=S) groups is 1. The monoisotopic (exact) mass is 399 g/mol. The maximum absolute atomic E-state index is 5.74. The second-order valence-electron chi connectivity index (χ2n) is 4.90. The molecule has 2 aromatic carbocycles. The second kappa shape index (κ2) is 7.90. The van der Waals surface area contributed by atoms with Crippen molar-refractivity contribution in [3.63, 3.8) is 0 Å². The fourth-order valence-corrected chi connectivity index (χ4v) is 2.46. The Labute approximate surface area is 153 Å². The maximum Gasteiger partial charge on any atom is 0.191 e. The summed E-state index contributed by atoms with van der Waals surface area (Å²) in [4.78, 5) is 0. The van der Waals surface area contributed by atoms with Gasteiger partial charge in [-0.25, -0.2) is 0 Å². The Hall–Kier alpha value is -2.44. The quantitative estimate of drug-likeness (QED) is 0.367. The van der Waals surface area contributed by atoms with Gasteiger partial charge in [-0.3, -0.25) is 5.43 Å². The topological polar surface area (TPSA) is 49.6 Å². The zero-order valence-electron chi connectivity index (χ0n) is 12.6. The van der Waals surface area contributed by atoms with Crippen LogP contribution in [0.5, 0.6) is 0 Å². The lowest BCUT2D eigenvalue weighted by Crippen LogP contribution is -2.23. The predicted molar refractivity (Wildman–Crippen MR) is 105 cm³/mol. The molecule has 0 bridgehead atoms. The van der Waals surface area contributed by atoms with Gasteiger partial charge in [0.1, 0.15) is 11.5 Å². The Morgan fingerprint density at radius 2 is 1.75 bits per heavy atom. The zero-order chi connectivity index (χ0) is 16.8. The Morgan fingerprint density at radius 1 is 1.00 bits per heavy atom. The van der Waals surface area contributed by atoms with Crippen LogP contribution in [0, 0.1) is 0 Å². The molecule has 0 aliphatic carbocycles. The summed E-state index contributed by atoms with van der Waals surface area (Å²) in [7, 11) is 0. The van der Waals surface area contributed by atoms with Crippen LogP contribution in [0.2, 0.25) is 0 Å². The van der Waals surface area contributed by atoms with E-state index in [0.717, 1.165) is 21.5 Å². The number of nitrogens with one attached hydrogen (secondary N) is 2. The summed E-state index contributed by atoms with van der Waals surface area (Å²) in [5.41, 5.74) is 4.67. The van der Waals surface area contributed by atoms with Crippen molar-refractivity contribution in [2.45, 2.75) is 0 Å². The highest BCUT2D eigenvalue weighted by molar-refractivity contribution is 9.10. The van der Waals surface area contributed by atoms with E-state index in [1.165, 1.54) is 0 Å². The van der Waals surface area contributed by atoms with Gasteiger partial charge in [-0.1, -0.05) is 46.3 Å². The summed E-state index contributed by atoms with van der Waals surface area (Å²) >= 11 is 8.59. The molecule has 1 heterocycles. The van der Waals surface area contributed by atoms with Crippen molar-refractivity contribution in [3.05, 3.63) is 77.0 Å². The third-order valence-electron chi connectivity index (χ3n) is 3.15. The molecule has 0 fully saturated rings. The average Bonchev–Trinajstić information content (AvgIpc) is 3.05. The largest absolute Gasteiger partial charge is 0.455 e. The van der Waals surface area contributed by atoms with Crippen LogP contribution in [0.25, 0.3) is 11.3 Å². The van der Waals surface area contributed by atoms with Crippen LogP contribution in [0.15, 0.2) is 80.7 Å². The zero-order valence-corrected chi connectivity index (χ0v) is 15.0. The van der Waals surface area contributed by atoms with Gasteiger partial charge in [-0.2, -0.15) is 5.10 Å². The van der Waals surface area contributed by atoms with E-state index >= 15 is 0 Å². The molecule has 0 aliphatic heterocycles. The van der Waals surface area contributed by atoms with Gasteiger partial charge in [0, 0.05) is 15.7 Å². The minimum Gasteiger partial charge on any atom is -0.455 e. The summed E-state index contributed by atoms with van der Waals surface area (Å²) in [6.07, 6.45) is 1.58. The summed E-state index contributed by atoms with van der Waals surface area (Å²) < 4.78 is 6.77. The molecule has 3 aromatic rings. The highest BCUT2D eigenvalue weighted by atomic mass is 79.9. The SMILES string of the molecule is S=C(N/N=C\c1ccc(-c2ccc(Br)cc2)o1)Nc1ccccc1. The molecule has 24 heavy (non-hydrogen) atoms. The summed E-state index contributed by atoms with van der Waals surface area (Å²) in [6.45, 7) is 0. The first kappa shape index (κ1) is 16.4. The van der Waals surface area contributed by atoms with Gasteiger partial charge in [-0.15, -0.1) is 0 Å². The van der Waals surface area contributed by atoms with Crippen LogP contribution in [0.1, 0.15) is 5.76 Å². The molecule has 0 radical (unpaired) electrons.